The second-order valence-electron chi connectivity index (χ2n) is 3.36. The van der Waals surface area contributed by atoms with E-state index in [4.69, 9.17) is 23.2 Å². The van der Waals surface area contributed by atoms with Gasteiger partial charge in [0.2, 0.25) is 10.7 Å². The fourth-order valence-electron chi connectivity index (χ4n) is 1.45. The van der Waals surface area contributed by atoms with E-state index in [-0.39, 0.29) is 16.2 Å². The van der Waals surface area contributed by atoms with Crippen molar-refractivity contribution in [3.05, 3.63) is 40.8 Å². The second-order valence-corrected chi connectivity index (χ2v) is 3.73. The highest BCUT2D eigenvalue weighted by Gasteiger charge is 2.09. The lowest BCUT2D eigenvalue weighted by atomic mass is 10.2. The molecule has 1 aromatic carbocycles. The Labute approximate surface area is 101 Å². The molecule has 0 spiro atoms. The van der Waals surface area contributed by atoms with Crippen molar-refractivity contribution in [2.75, 3.05) is 5.84 Å². The zero-order valence-corrected chi connectivity index (χ0v) is 9.39. The van der Waals surface area contributed by atoms with Crippen molar-refractivity contribution in [1.29, 1.82) is 0 Å². The highest BCUT2D eigenvalue weighted by atomic mass is 32.1. The number of nitrogen functional groups attached to an aromatic ring is 1. The van der Waals surface area contributed by atoms with Crippen LogP contribution in [0.4, 0.5) is 0 Å². The van der Waals surface area contributed by atoms with Gasteiger partial charge in [0, 0.05) is 0 Å². The van der Waals surface area contributed by atoms with E-state index in [1.807, 2.05) is 0 Å². The van der Waals surface area contributed by atoms with Crippen molar-refractivity contribution in [2.24, 2.45) is 0 Å². The minimum atomic E-state index is -1.01. The number of aromatic nitrogens is 2. The van der Waals surface area contributed by atoms with Crippen molar-refractivity contribution < 1.29 is 15.0 Å². The molecule has 0 saturated heterocycles. The number of hydrogen-bond donors (Lipinski definition) is 3. The summed E-state index contributed by atoms with van der Waals surface area (Å²) in [5.41, 5.74) is 0.702. The lowest BCUT2D eigenvalue weighted by molar-refractivity contribution is 0.0697. The van der Waals surface area contributed by atoms with Crippen LogP contribution in [0.25, 0.3) is 5.69 Å². The van der Waals surface area contributed by atoms with Crippen LogP contribution in [0.1, 0.15) is 10.4 Å². The number of aromatic hydroxyl groups is 1. The first-order valence-electron chi connectivity index (χ1n) is 4.63. The van der Waals surface area contributed by atoms with Gasteiger partial charge in [-0.1, -0.05) is 0 Å². The molecule has 0 saturated carbocycles. The maximum atomic E-state index is 10.7. The first-order chi connectivity index (χ1) is 8.00. The fraction of sp³-hybridized carbons (Fsp3) is 0. The summed E-state index contributed by atoms with van der Waals surface area (Å²) in [5, 5.41) is 18.4. The van der Waals surface area contributed by atoms with Crippen LogP contribution < -0.4 is 5.84 Å². The SMILES string of the molecule is Nn1cc(O)n(-c2ccc(C(=O)O)cc2)c1=S. The Bertz CT molecular complexity index is 627. The molecule has 0 aliphatic carbocycles. The number of benzene rings is 1. The number of carboxylic acid groups (broad SMARTS) is 1. The number of imidazole rings is 1. The van der Waals surface area contributed by atoms with Crippen LogP contribution in [-0.2, 0) is 0 Å². The van der Waals surface area contributed by atoms with E-state index < -0.39 is 5.97 Å². The summed E-state index contributed by atoms with van der Waals surface area (Å²) >= 11 is 5.01. The summed E-state index contributed by atoms with van der Waals surface area (Å²) in [5.74, 6) is 4.37. The molecule has 17 heavy (non-hydrogen) atoms. The molecular weight excluding hydrogens is 242 g/mol. The van der Waals surface area contributed by atoms with Gasteiger partial charge in [0.25, 0.3) is 0 Å². The number of carbonyl (C=O) groups is 1. The van der Waals surface area contributed by atoms with Crippen molar-refractivity contribution >= 4 is 18.2 Å². The summed E-state index contributed by atoms with van der Waals surface area (Å²) in [6.07, 6.45) is 1.27. The number of aromatic carboxylic acids is 1. The molecule has 0 aliphatic rings. The van der Waals surface area contributed by atoms with Crippen LogP contribution >= 0.6 is 12.2 Å². The fourth-order valence-corrected chi connectivity index (χ4v) is 1.70. The first kappa shape index (κ1) is 11.2. The average molecular weight is 251 g/mol. The maximum Gasteiger partial charge on any atom is 0.335 e. The van der Waals surface area contributed by atoms with Crippen LogP contribution in [0.3, 0.4) is 0 Å². The van der Waals surface area contributed by atoms with Crippen molar-refractivity contribution in [3.8, 4) is 11.6 Å². The van der Waals surface area contributed by atoms with Crippen LogP contribution in [0.15, 0.2) is 30.5 Å². The minimum Gasteiger partial charge on any atom is -0.493 e. The third-order valence-corrected chi connectivity index (χ3v) is 2.66. The molecule has 0 aliphatic heterocycles. The number of carboxylic acids is 1. The average Bonchev–Trinajstić information content (AvgIpc) is 2.53. The maximum absolute atomic E-state index is 10.7. The first-order valence-corrected chi connectivity index (χ1v) is 5.03. The summed E-state index contributed by atoms with van der Waals surface area (Å²) in [4.78, 5) is 10.7. The van der Waals surface area contributed by atoms with E-state index in [1.165, 1.54) is 22.9 Å². The topological polar surface area (TPSA) is 93.4 Å². The Morgan fingerprint density at radius 1 is 1.29 bits per heavy atom. The monoisotopic (exact) mass is 251 g/mol. The Kier molecular flexibility index (Phi) is 2.60. The van der Waals surface area contributed by atoms with Gasteiger partial charge in [0.05, 0.1) is 17.4 Å². The van der Waals surface area contributed by atoms with Crippen molar-refractivity contribution in [1.82, 2.24) is 9.24 Å². The summed E-state index contributed by atoms with van der Waals surface area (Å²) in [6, 6.07) is 5.93. The quantitative estimate of drug-likeness (QED) is 0.549. The Hall–Kier alpha value is -2.28. The summed E-state index contributed by atoms with van der Waals surface area (Å²) < 4.78 is 2.65. The van der Waals surface area contributed by atoms with Crippen molar-refractivity contribution in [3.63, 3.8) is 0 Å². The molecule has 7 heteroatoms. The molecule has 0 radical (unpaired) electrons. The van der Waals surface area contributed by atoms with Crippen LogP contribution in [0.5, 0.6) is 5.88 Å². The van der Waals surface area contributed by atoms with E-state index in [0.717, 1.165) is 4.68 Å². The van der Waals surface area contributed by atoms with Crippen LogP contribution in [0.2, 0.25) is 0 Å². The Morgan fingerprint density at radius 3 is 2.29 bits per heavy atom. The third-order valence-electron chi connectivity index (χ3n) is 2.27. The van der Waals surface area contributed by atoms with Crippen molar-refractivity contribution in [2.45, 2.75) is 0 Å². The van der Waals surface area contributed by atoms with E-state index in [1.54, 1.807) is 12.1 Å². The number of nitrogens with two attached hydrogens (primary N) is 1. The summed E-state index contributed by atoms with van der Waals surface area (Å²) in [7, 11) is 0. The highest BCUT2D eigenvalue weighted by molar-refractivity contribution is 7.71. The van der Waals surface area contributed by atoms with Gasteiger partial charge in [-0.15, -0.1) is 0 Å². The lowest BCUT2D eigenvalue weighted by Gasteiger charge is -2.04. The number of nitrogens with zero attached hydrogens (tertiary/aromatic N) is 2. The summed E-state index contributed by atoms with van der Waals surface area (Å²) in [6.45, 7) is 0. The standard InChI is InChI=1S/C10H9N3O3S/c11-12-5-8(14)13(10(12)17)7-3-1-6(2-4-7)9(15)16/h1-5,14H,11H2,(H,15,16). The molecule has 0 amide bonds. The molecule has 0 unspecified atom stereocenters. The molecular formula is C10H9N3O3S. The molecule has 2 aromatic rings. The van der Waals surface area contributed by atoms with Crippen LogP contribution in [0, 0.1) is 4.77 Å². The molecule has 6 nitrogen and oxygen atoms in total. The predicted octanol–water partition coefficient (Wildman–Crippen LogP) is 1.13. The highest BCUT2D eigenvalue weighted by Crippen LogP contribution is 2.18. The zero-order chi connectivity index (χ0) is 12.6. The van der Waals surface area contributed by atoms with E-state index in [2.05, 4.69) is 0 Å². The molecule has 0 atom stereocenters. The normalized spacial score (nSPS) is 10.4. The van der Waals surface area contributed by atoms with Crippen LogP contribution in [-0.4, -0.2) is 25.4 Å². The second kappa shape index (κ2) is 3.95. The predicted molar refractivity (Wildman–Crippen MR) is 63.4 cm³/mol. The molecule has 0 bridgehead atoms. The smallest absolute Gasteiger partial charge is 0.335 e. The minimum absolute atomic E-state index is 0.111. The van der Waals surface area contributed by atoms with Gasteiger partial charge in [0.1, 0.15) is 0 Å². The van der Waals surface area contributed by atoms with E-state index in [9.17, 15) is 9.90 Å². The van der Waals surface area contributed by atoms with Gasteiger partial charge in [0.15, 0.2) is 0 Å². The van der Waals surface area contributed by atoms with Gasteiger partial charge < -0.3 is 16.1 Å². The van der Waals surface area contributed by atoms with Gasteiger partial charge in [-0.05, 0) is 36.5 Å². The van der Waals surface area contributed by atoms with Gasteiger partial charge in [-0.3, -0.25) is 4.57 Å². The molecule has 1 heterocycles. The van der Waals surface area contributed by atoms with E-state index >= 15 is 0 Å². The third kappa shape index (κ3) is 1.87. The zero-order valence-electron chi connectivity index (χ0n) is 8.57. The molecule has 2 rings (SSSR count). The molecule has 0 fully saturated rings. The number of hydrogen-bond acceptors (Lipinski definition) is 4. The Morgan fingerprint density at radius 2 is 1.88 bits per heavy atom. The van der Waals surface area contributed by atoms with Gasteiger partial charge in [-0.2, -0.15) is 0 Å². The lowest BCUT2D eigenvalue weighted by Crippen LogP contribution is -2.07. The van der Waals surface area contributed by atoms with E-state index in [0.29, 0.717) is 5.69 Å². The molecule has 1 aromatic heterocycles. The largest absolute Gasteiger partial charge is 0.493 e. The molecule has 88 valence electrons. The molecule has 4 N–H and O–H groups in total. The number of rotatable bonds is 2. The van der Waals surface area contributed by atoms with Gasteiger partial charge >= 0.3 is 5.97 Å². The Balaban J connectivity index is 2.54. The van der Waals surface area contributed by atoms with Gasteiger partial charge in [-0.25, -0.2) is 9.47 Å².